The maximum Gasteiger partial charge on any atom is 0.274 e. The first-order valence-corrected chi connectivity index (χ1v) is 7.06. The Kier molecular flexibility index (Phi) is 5.04. The van der Waals surface area contributed by atoms with E-state index in [9.17, 15) is 10.1 Å². The van der Waals surface area contributed by atoms with E-state index in [4.69, 9.17) is 4.74 Å². The van der Waals surface area contributed by atoms with E-state index in [0.29, 0.717) is 21.9 Å². The molecular weight excluding hydrogens is 340 g/mol. The van der Waals surface area contributed by atoms with Crippen LogP contribution in [0.1, 0.15) is 13.3 Å². The molecule has 7 nitrogen and oxygen atoms in total. The van der Waals surface area contributed by atoms with Gasteiger partial charge in [-0.25, -0.2) is 9.97 Å². The lowest BCUT2D eigenvalue weighted by Gasteiger charge is -2.07. The van der Waals surface area contributed by atoms with E-state index in [1.54, 1.807) is 12.1 Å². The van der Waals surface area contributed by atoms with Gasteiger partial charge in [-0.1, -0.05) is 22.9 Å². The van der Waals surface area contributed by atoms with Crippen molar-refractivity contribution in [2.75, 3.05) is 11.9 Å². The van der Waals surface area contributed by atoms with Gasteiger partial charge in [0.2, 0.25) is 5.88 Å². The highest BCUT2D eigenvalue weighted by Gasteiger charge is 2.11. The number of hydrogen-bond acceptors (Lipinski definition) is 6. The lowest BCUT2D eigenvalue weighted by molar-refractivity contribution is -0.385. The standard InChI is InChI=1S/C13H13BrN4O3/c1-2-3-15-12-7-13(17-8-16-12)21-11-5-9(14)4-10(6-11)18(19)20/h4-8H,2-3H2,1H3,(H,15,16,17). The van der Waals surface area contributed by atoms with E-state index in [-0.39, 0.29) is 5.69 Å². The van der Waals surface area contributed by atoms with E-state index in [2.05, 4.69) is 31.2 Å². The molecule has 0 radical (unpaired) electrons. The molecule has 110 valence electrons. The Morgan fingerprint density at radius 2 is 2.14 bits per heavy atom. The van der Waals surface area contributed by atoms with Gasteiger partial charge in [-0.15, -0.1) is 0 Å². The van der Waals surface area contributed by atoms with Crippen molar-refractivity contribution in [1.82, 2.24) is 9.97 Å². The molecular formula is C13H13BrN4O3. The van der Waals surface area contributed by atoms with Crippen LogP contribution < -0.4 is 10.1 Å². The molecule has 0 amide bonds. The van der Waals surface area contributed by atoms with Crippen LogP contribution in [-0.2, 0) is 0 Å². The number of nitro benzene ring substituents is 1. The molecule has 8 heteroatoms. The van der Waals surface area contributed by atoms with Gasteiger partial charge in [0, 0.05) is 23.2 Å². The van der Waals surface area contributed by atoms with E-state index < -0.39 is 4.92 Å². The fraction of sp³-hybridized carbons (Fsp3) is 0.231. The van der Waals surface area contributed by atoms with Crippen molar-refractivity contribution >= 4 is 27.4 Å². The summed E-state index contributed by atoms with van der Waals surface area (Å²) in [6.45, 7) is 2.84. The second-order valence-corrected chi connectivity index (χ2v) is 5.09. The minimum absolute atomic E-state index is 0.0576. The molecule has 0 aliphatic rings. The number of halogens is 1. The highest BCUT2D eigenvalue weighted by atomic mass is 79.9. The Bertz CT molecular complexity index is 651. The van der Waals surface area contributed by atoms with Gasteiger partial charge < -0.3 is 10.1 Å². The fourth-order valence-corrected chi connectivity index (χ4v) is 2.04. The van der Waals surface area contributed by atoms with Gasteiger partial charge in [0.25, 0.3) is 5.69 Å². The van der Waals surface area contributed by atoms with Crippen LogP contribution in [0.25, 0.3) is 0 Å². The first-order valence-electron chi connectivity index (χ1n) is 6.27. The number of nitrogens with zero attached hydrogens (tertiary/aromatic N) is 3. The molecule has 0 atom stereocenters. The van der Waals surface area contributed by atoms with Crippen molar-refractivity contribution in [3.8, 4) is 11.6 Å². The number of nitro groups is 1. The zero-order chi connectivity index (χ0) is 15.2. The van der Waals surface area contributed by atoms with Crippen molar-refractivity contribution in [3.05, 3.63) is 45.2 Å². The van der Waals surface area contributed by atoms with Crippen LogP contribution in [0.3, 0.4) is 0 Å². The SMILES string of the molecule is CCCNc1cc(Oc2cc(Br)cc([N+](=O)[O-])c2)ncn1. The third-order valence-electron chi connectivity index (χ3n) is 2.49. The van der Waals surface area contributed by atoms with Crippen molar-refractivity contribution in [1.29, 1.82) is 0 Å². The third-order valence-corrected chi connectivity index (χ3v) is 2.95. The molecule has 0 fully saturated rings. The Balaban J connectivity index is 2.19. The number of ether oxygens (including phenoxy) is 1. The zero-order valence-corrected chi connectivity index (χ0v) is 12.8. The summed E-state index contributed by atoms with van der Waals surface area (Å²) in [5.41, 5.74) is -0.0576. The molecule has 0 unspecified atom stereocenters. The smallest absolute Gasteiger partial charge is 0.274 e. The van der Waals surface area contributed by atoms with Crippen LogP contribution >= 0.6 is 15.9 Å². The molecule has 1 aromatic carbocycles. The number of rotatable bonds is 6. The lowest BCUT2D eigenvalue weighted by atomic mass is 10.3. The summed E-state index contributed by atoms with van der Waals surface area (Å²) in [7, 11) is 0. The average molecular weight is 353 g/mol. The summed E-state index contributed by atoms with van der Waals surface area (Å²) in [6, 6.07) is 6.02. The quantitative estimate of drug-likeness (QED) is 0.628. The molecule has 21 heavy (non-hydrogen) atoms. The van der Waals surface area contributed by atoms with Crippen LogP contribution in [0, 0.1) is 10.1 Å². The molecule has 2 aromatic rings. The third kappa shape index (κ3) is 4.38. The number of non-ortho nitro benzene ring substituents is 1. The molecule has 0 aliphatic carbocycles. The summed E-state index contributed by atoms with van der Waals surface area (Å²) < 4.78 is 6.11. The zero-order valence-electron chi connectivity index (χ0n) is 11.2. The van der Waals surface area contributed by atoms with E-state index in [1.807, 2.05) is 6.92 Å². The Labute approximate surface area is 129 Å². The monoisotopic (exact) mass is 352 g/mol. The number of anilines is 1. The fourth-order valence-electron chi connectivity index (χ4n) is 1.58. The van der Waals surface area contributed by atoms with Crippen LogP contribution in [-0.4, -0.2) is 21.4 Å². The molecule has 0 bridgehead atoms. The molecule has 0 spiro atoms. The average Bonchev–Trinajstić information content (AvgIpc) is 2.45. The van der Waals surface area contributed by atoms with Gasteiger partial charge in [0.1, 0.15) is 17.9 Å². The molecule has 1 aromatic heterocycles. The van der Waals surface area contributed by atoms with Crippen LogP contribution in [0.5, 0.6) is 11.6 Å². The van der Waals surface area contributed by atoms with Gasteiger partial charge in [-0.3, -0.25) is 10.1 Å². The van der Waals surface area contributed by atoms with E-state index >= 15 is 0 Å². The molecule has 1 heterocycles. The molecule has 1 N–H and O–H groups in total. The van der Waals surface area contributed by atoms with Gasteiger partial charge in [-0.05, 0) is 12.5 Å². The molecule has 0 aliphatic heterocycles. The van der Waals surface area contributed by atoms with Gasteiger partial charge in [0.05, 0.1) is 11.0 Å². The van der Waals surface area contributed by atoms with Crippen molar-refractivity contribution in [3.63, 3.8) is 0 Å². The minimum Gasteiger partial charge on any atom is -0.439 e. The normalized spacial score (nSPS) is 10.2. The van der Waals surface area contributed by atoms with Crippen molar-refractivity contribution < 1.29 is 9.66 Å². The lowest BCUT2D eigenvalue weighted by Crippen LogP contribution is -2.02. The van der Waals surface area contributed by atoms with Gasteiger partial charge in [-0.2, -0.15) is 0 Å². The Morgan fingerprint density at radius 1 is 1.33 bits per heavy atom. The second kappa shape index (κ2) is 6.98. The first-order chi connectivity index (χ1) is 10.1. The van der Waals surface area contributed by atoms with E-state index in [1.165, 1.54) is 18.5 Å². The summed E-state index contributed by atoms with van der Waals surface area (Å²) in [5, 5.41) is 13.9. The number of aromatic nitrogens is 2. The number of benzene rings is 1. The summed E-state index contributed by atoms with van der Waals surface area (Å²) in [6.07, 6.45) is 2.34. The predicted molar refractivity (Wildman–Crippen MR) is 81.7 cm³/mol. The first kappa shape index (κ1) is 15.2. The number of hydrogen-bond donors (Lipinski definition) is 1. The maximum atomic E-state index is 10.8. The molecule has 0 saturated carbocycles. The number of nitrogens with one attached hydrogen (secondary N) is 1. The highest BCUT2D eigenvalue weighted by molar-refractivity contribution is 9.10. The largest absolute Gasteiger partial charge is 0.439 e. The van der Waals surface area contributed by atoms with Crippen LogP contribution in [0.4, 0.5) is 11.5 Å². The van der Waals surface area contributed by atoms with Crippen molar-refractivity contribution in [2.45, 2.75) is 13.3 Å². The van der Waals surface area contributed by atoms with Gasteiger partial charge in [0.15, 0.2) is 0 Å². The topological polar surface area (TPSA) is 90.2 Å². The summed E-state index contributed by atoms with van der Waals surface area (Å²) >= 11 is 3.21. The summed E-state index contributed by atoms with van der Waals surface area (Å²) in [4.78, 5) is 18.4. The Hall–Kier alpha value is -2.22. The van der Waals surface area contributed by atoms with Crippen LogP contribution in [0.2, 0.25) is 0 Å². The molecule has 0 saturated heterocycles. The molecule has 2 rings (SSSR count). The van der Waals surface area contributed by atoms with Crippen molar-refractivity contribution in [2.24, 2.45) is 0 Å². The summed E-state index contributed by atoms with van der Waals surface area (Å²) in [5.74, 6) is 1.29. The van der Waals surface area contributed by atoms with E-state index in [0.717, 1.165) is 13.0 Å². The Morgan fingerprint density at radius 3 is 2.86 bits per heavy atom. The minimum atomic E-state index is -0.480. The van der Waals surface area contributed by atoms with Crippen LogP contribution in [0.15, 0.2) is 35.1 Å². The maximum absolute atomic E-state index is 10.8. The highest BCUT2D eigenvalue weighted by Crippen LogP contribution is 2.29. The predicted octanol–water partition coefficient (Wildman–Crippen LogP) is 3.76. The second-order valence-electron chi connectivity index (χ2n) is 4.17. The van der Waals surface area contributed by atoms with Gasteiger partial charge >= 0.3 is 0 Å².